The van der Waals surface area contributed by atoms with Crippen molar-refractivity contribution >= 4 is 27.5 Å². The molecule has 0 aromatic heterocycles. The van der Waals surface area contributed by atoms with Gasteiger partial charge in [0.25, 0.3) is 0 Å². The van der Waals surface area contributed by atoms with Crippen LogP contribution in [-0.4, -0.2) is 0 Å². The van der Waals surface area contributed by atoms with Crippen molar-refractivity contribution in [3.8, 4) is 5.75 Å². The van der Waals surface area contributed by atoms with Crippen molar-refractivity contribution in [3.05, 3.63) is 63.9 Å². The fourth-order valence-electron chi connectivity index (χ4n) is 1.55. The van der Waals surface area contributed by atoms with Crippen LogP contribution < -0.4 is 4.74 Å². The molecule has 0 fully saturated rings. The Hall–Kier alpha value is -1.06. The van der Waals surface area contributed by atoms with Crippen LogP contribution in [0.5, 0.6) is 5.75 Å². The van der Waals surface area contributed by atoms with E-state index in [0.717, 1.165) is 16.9 Å². The van der Waals surface area contributed by atoms with Crippen LogP contribution in [0.4, 0.5) is 4.39 Å². The van der Waals surface area contributed by atoms with Gasteiger partial charge in [-0.15, -0.1) is 11.6 Å². The molecular formula is C14H11BrClFO. The summed E-state index contributed by atoms with van der Waals surface area (Å²) in [5.41, 5.74) is 1.83. The zero-order valence-corrected chi connectivity index (χ0v) is 11.8. The lowest BCUT2D eigenvalue weighted by Crippen LogP contribution is -1.99. The molecule has 0 aliphatic rings. The highest BCUT2D eigenvalue weighted by atomic mass is 79.9. The first-order chi connectivity index (χ1) is 8.70. The topological polar surface area (TPSA) is 9.23 Å². The molecule has 0 unspecified atom stereocenters. The minimum atomic E-state index is -0.271. The van der Waals surface area contributed by atoms with Crippen molar-refractivity contribution in [2.75, 3.05) is 0 Å². The number of ether oxygens (including phenoxy) is 1. The minimum absolute atomic E-state index is 0.271. The van der Waals surface area contributed by atoms with E-state index in [1.165, 1.54) is 12.1 Å². The predicted molar refractivity (Wildman–Crippen MR) is 74.4 cm³/mol. The summed E-state index contributed by atoms with van der Waals surface area (Å²) in [6.07, 6.45) is 0. The smallest absolute Gasteiger partial charge is 0.124 e. The number of alkyl halides is 1. The molecular weight excluding hydrogens is 319 g/mol. The monoisotopic (exact) mass is 328 g/mol. The van der Waals surface area contributed by atoms with Gasteiger partial charge in [-0.3, -0.25) is 0 Å². The molecule has 18 heavy (non-hydrogen) atoms. The first-order valence-electron chi connectivity index (χ1n) is 5.41. The van der Waals surface area contributed by atoms with Crippen LogP contribution in [0.25, 0.3) is 0 Å². The minimum Gasteiger partial charge on any atom is -0.489 e. The molecule has 0 heterocycles. The Balaban J connectivity index is 2.11. The lowest BCUT2D eigenvalue weighted by Gasteiger charge is -2.10. The zero-order chi connectivity index (χ0) is 13.0. The van der Waals surface area contributed by atoms with Gasteiger partial charge in [0, 0.05) is 15.6 Å². The maximum Gasteiger partial charge on any atom is 0.124 e. The lowest BCUT2D eigenvalue weighted by molar-refractivity contribution is 0.303. The van der Waals surface area contributed by atoms with Crippen LogP contribution in [0.1, 0.15) is 11.1 Å². The van der Waals surface area contributed by atoms with Gasteiger partial charge >= 0.3 is 0 Å². The van der Waals surface area contributed by atoms with Crippen molar-refractivity contribution in [2.24, 2.45) is 0 Å². The number of para-hydroxylation sites is 1. The normalized spacial score (nSPS) is 10.4. The van der Waals surface area contributed by atoms with E-state index in [-0.39, 0.29) is 5.82 Å². The van der Waals surface area contributed by atoms with E-state index in [1.54, 1.807) is 6.07 Å². The van der Waals surface area contributed by atoms with Crippen molar-refractivity contribution < 1.29 is 9.13 Å². The Labute approximate surface area is 119 Å². The number of halogens is 3. The molecule has 2 aromatic rings. The molecule has 0 bridgehead atoms. The van der Waals surface area contributed by atoms with Gasteiger partial charge in [0.2, 0.25) is 0 Å². The standard InChI is InChI=1S/C14H11BrClFO/c15-13-7-12(17)6-5-11(13)9-18-14-4-2-1-3-10(14)8-16/h1-7H,8-9H2. The summed E-state index contributed by atoms with van der Waals surface area (Å²) < 4.78 is 19.3. The molecule has 1 nitrogen and oxygen atoms in total. The average Bonchev–Trinajstić information content (AvgIpc) is 2.38. The van der Waals surface area contributed by atoms with E-state index in [1.807, 2.05) is 24.3 Å². The average molecular weight is 330 g/mol. The number of rotatable bonds is 4. The van der Waals surface area contributed by atoms with E-state index < -0.39 is 0 Å². The SMILES string of the molecule is Fc1ccc(COc2ccccc2CCl)c(Br)c1. The van der Waals surface area contributed by atoms with Crippen LogP contribution in [0.15, 0.2) is 46.9 Å². The molecule has 0 saturated heterocycles. The molecule has 0 N–H and O–H groups in total. The Morgan fingerprint density at radius 2 is 1.89 bits per heavy atom. The molecule has 94 valence electrons. The molecule has 2 rings (SSSR count). The van der Waals surface area contributed by atoms with Crippen LogP contribution >= 0.6 is 27.5 Å². The Morgan fingerprint density at radius 1 is 1.11 bits per heavy atom. The molecule has 0 aliphatic heterocycles. The van der Waals surface area contributed by atoms with Gasteiger partial charge in [0.1, 0.15) is 18.2 Å². The van der Waals surface area contributed by atoms with Gasteiger partial charge in [-0.2, -0.15) is 0 Å². The maximum absolute atomic E-state index is 12.9. The third kappa shape index (κ3) is 3.24. The summed E-state index contributed by atoms with van der Waals surface area (Å²) >= 11 is 9.14. The zero-order valence-electron chi connectivity index (χ0n) is 9.50. The van der Waals surface area contributed by atoms with E-state index in [9.17, 15) is 4.39 Å². The summed E-state index contributed by atoms with van der Waals surface area (Å²) in [4.78, 5) is 0. The summed E-state index contributed by atoms with van der Waals surface area (Å²) in [7, 11) is 0. The highest BCUT2D eigenvalue weighted by Crippen LogP contribution is 2.23. The number of hydrogen-bond donors (Lipinski definition) is 0. The Bertz CT molecular complexity index is 545. The van der Waals surface area contributed by atoms with Gasteiger partial charge < -0.3 is 4.74 Å². The highest BCUT2D eigenvalue weighted by molar-refractivity contribution is 9.10. The second kappa shape index (κ2) is 6.21. The van der Waals surface area contributed by atoms with Crippen molar-refractivity contribution in [1.29, 1.82) is 0 Å². The van der Waals surface area contributed by atoms with Gasteiger partial charge in [0.15, 0.2) is 0 Å². The number of hydrogen-bond acceptors (Lipinski definition) is 1. The molecule has 0 aliphatic carbocycles. The van der Waals surface area contributed by atoms with Crippen LogP contribution in [0.2, 0.25) is 0 Å². The van der Waals surface area contributed by atoms with E-state index >= 15 is 0 Å². The first kappa shape index (κ1) is 13.4. The highest BCUT2D eigenvalue weighted by Gasteiger charge is 2.05. The first-order valence-corrected chi connectivity index (χ1v) is 6.74. The Morgan fingerprint density at radius 3 is 2.61 bits per heavy atom. The molecule has 0 radical (unpaired) electrons. The third-order valence-electron chi connectivity index (χ3n) is 2.51. The fraction of sp³-hybridized carbons (Fsp3) is 0.143. The van der Waals surface area contributed by atoms with Gasteiger partial charge in [0.05, 0.1) is 5.88 Å². The third-order valence-corrected chi connectivity index (χ3v) is 3.54. The molecule has 4 heteroatoms. The van der Waals surface area contributed by atoms with Crippen molar-refractivity contribution in [1.82, 2.24) is 0 Å². The van der Waals surface area contributed by atoms with Crippen LogP contribution in [-0.2, 0) is 12.5 Å². The number of benzene rings is 2. The molecule has 0 spiro atoms. The summed E-state index contributed by atoms with van der Waals surface area (Å²) in [6.45, 7) is 0.370. The summed E-state index contributed by atoms with van der Waals surface area (Å²) in [5.74, 6) is 0.885. The molecule has 0 saturated carbocycles. The van der Waals surface area contributed by atoms with Crippen molar-refractivity contribution in [2.45, 2.75) is 12.5 Å². The summed E-state index contributed by atoms with van der Waals surface area (Å²) in [5, 5.41) is 0. The quantitative estimate of drug-likeness (QED) is 0.725. The fourth-order valence-corrected chi connectivity index (χ4v) is 2.24. The molecule has 0 amide bonds. The summed E-state index contributed by atoms with van der Waals surface area (Å²) in [6, 6.07) is 12.1. The maximum atomic E-state index is 12.9. The van der Waals surface area contributed by atoms with Gasteiger partial charge in [-0.25, -0.2) is 4.39 Å². The predicted octanol–water partition coefficient (Wildman–Crippen LogP) is 4.91. The lowest BCUT2D eigenvalue weighted by atomic mass is 10.2. The van der Waals surface area contributed by atoms with Crippen LogP contribution in [0, 0.1) is 5.82 Å². The van der Waals surface area contributed by atoms with Gasteiger partial charge in [-0.1, -0.05) is 40.2 Å². The molecule has 2 aromatic carbocycles. The van der Waals surface area contributed by atoms with E-state index in [0.29, 0.717) is 17.0 Å². The Kier molecular flexibility index (Phi) is 4.61. The molecule has 0 atom stereocenters. The van der Waals surface area contributed by atoms with E-state index in [4.69, 9.17) is 16.3 Å². The van der Waals surface area contributed by atoms with Gasteiger partial charge in [-0.05, 0) is 18.2 Å². The van der Waals surface area contributed by atoms with Crippen LogP contribution in [0.3, 0.4) is 0 Å². The van der Waals surface area contributed by atoms with Crippen molar-refractivity contribution in [3.63, 3.8) is 0 Å². The largest absolute Gasteiger partial charge is 0.489 e. The second-order valence-electron chi connectivity index (χ2n) is 3.77. The van der Waals surface area contributed by atoms with E-state index in [2.05, 4.69) is 15.9 Å². The second-order valence-corrected chi connectivity index (χ2v) is 4.89.